The molecular weight excluding hydrogens is 152 g/mol. The highest BCUT2D eigenvalue weighted by Gasteiger charge is 2.44. The Morgan fingerprint density at radius 3 is 2.58 bits per heavy atom. The van der Waals surface area contributed by atoms with Gasteiger partial charge in [0.05, 0.1) is 6.61 Å². The molecule has 0 bridgehead atoms. The molecule has 1 heterocycles. The van der Waals surface area contributed by atoms with Gasteiger partial charge in [0.15, 0.2) is 6.29 Å². The Kier molecular flexibility index (Phi) is 2.13. The monoisotopic (exact) mass is 170 g/mol. The standard InChI is InChI=1S/C10H18O2/c1-6-3-4-8-7(2)5-12-10(11)9(6)8/h6-11H,3-5H2,1-2H3/t6-,7+,8+,9+,10-/m0/s1. The fraction of sp³-hybridized carbons (Fsp3) is 1.00. The summed E-state index contributed by atoms with van der Waals surface area (Å²) in [4.78, 5) is 0. The third-order valence-corrected chi connectivity index (χ3v) is 3.70. The molecule has 0 aromatic carbocycles. The summed E-state index contributed by atoms with van der Waals surface area (Å²) >= 11 is 0. The van der Waals surface area contributed by atoms with E-state index in [4.69, 9.17) is 4.74 Å². The molecule has 12 heavy (non-hydrogen) atoms. The fourth-order valence-electron chi connectivity index (χ4n) is 2.90. The van der Waals surface area contributed by atoms with E-state index >= 15 is 0 Å². The van der Waals surface area contributed by atoms with Crippen LogP contribution in [0.15, 0.2) is 0 Å². The van der Waals surface area contributed by atoms with Crippen LogP contribution in [0.4, 0.5) is 0 Å². The molecular formula is C10H18O2. The van der Waals surface area contributed by atoms with Crippen molar-refractivity contribution in [2.75, 3.05) is 6.61 Å². The van der Waals surface area contributed by atoms with Crippen molar-refractivity contribution in [2.45, 2.75) is 33.0 Å². The molecule has 1 aliphatic carbocycles. The number of ether oxygens (including phenoxy) is 1. The Hall–Kier alpha value is -0.0800. The van der Waals surface area contributed by atoms with Gasteiger partial charge < -0.3 is 9.84 Å². The molecule has 2 fully saturated rings. The first-order valence-electron chi connectivity index (χ1n) is 5.00. The molecule has 2 heteroatoms. The van der Waals surface area contributed by atoms with E-state index < -0.39 is 6.29 Å². The van der Waals surface area contributed by atoms with E-state index in [1.807, 2.05) is 0 Å². The number of rotatable bonds is 0. The highest BCUT2D eigenvalue weighted by Crippen LogP contribution is 2.45. The van der Waals surface area contributed by atoms with Crippen molar-refractivity contribution in [1.29, 1.82) is 0 Å². The quantitative estimate of drug-likeness (QED) is 0.598. The summed E-state index contributed by atoms with van der Waals surface area (Å²) in [7, 11) is 0. The number of hydrogen-bond acceptors (Lipinski definition) is 2. The Balaban J connectivity index is 2.13. The molecule has 0 aromatic heterocycles. The summed E-state index contributed by atoms with van der Waals surface area (Å²) < 4.78 is 5.33. The zero-order valence-electron chi connectivity index (χ0n) is 7.86. The lowest BCUT2D eigenvalue weighted by Crippen LogP contribution is -2.40. The minimum atomic E-state index is -0.483. The van der Waals surface area contributed by atoms with Crippen molar-refractivity contribution < 1.29 is 9.84 Å². The van der Waals surface area contributed by atoms with Crippen LogP contribution in [0.1, 0.15) is 26.7 Å². The molecule has 0 amide bonds. The lowest BCUT2D eigenvalue weighted by molar-refractivity contribution is -0.195. The van der Waals surface area contributed by atoms with Crippen LogP contribution in [0.2, 0.25) is 0 Å². The summed E-state index contributed by atoms with van der Waals surface area (Å²) in [6.07, 6.45) is 2.07. The first-order valence-corrected chi connectivity index (χ1v) is 5.00. The minimum absolute atomic E-state index is 0.411. The summed E-state index contributed by atoms with van der Waals surface area (Å²) in [6.45, 7) is 5.21. The Morgan fingerprint density at radius 2 is 1.92 bits per heavy atom. The molecule has 1 saturated heterocycles. The molecule has 1 aliphatic heterocycles. The van der Waals surface area contributed by atoms with Crippen LogP contribution < -0.4 is 0 Å². The van der Waals surface area contributed by atoms with Gasteiger partial charge in [0, 0.05) is 5.92 Å². The number of aliphatic hydroxyl groups is 1. The highest BCUT2D eigenvalue weighted by atomic mass is 16.6. The van der Waals surface area contributed by atoms with E-state index in [0.29, 0.717) is 23.7 Å². The maximum absolute atomic E-state index is 9.65. The van der Waals surface area contributed by atoms with Gasteiger partial charge in [-0.1, -0.05) is 13.8 Å². The van der Waals surface area contributed by atoms with Crippen LogP contribution >= 0.6 is 0 Å². The van der Waals surface area contributed by atoms with Crippen molar-refractivity contribution in [3.63, 3.8) is 0 Å². The molecule has 0 radical (unpaired) electrons. The van der Waals surface area contributed by atoms with Gasteiger partial charge in [-0.25, -0.2) is 0 Å². The number of hydrogen-bond donors (Lipinski definition) is 1. The topological polar surface area (TPSA) is 29.5 Å². The summed E-state index contributed by atoms with van der Waals surface area (Å²) in [5.74, 6) is 2.41. The minimum Gasteiger partial charge on any atom is -0.368 e. The molecule has 1 saturated carbocycles. The second kappa shape index (κ2) is 3.00. The van der Waals surface area contributed by atoms with E-state index in [0.717, 1.165) is 6.61 Å². The smallest absolute Gasteiger partial charge is 0.157 e. The Labute approximate surface area is 73.9 Å². The number of fused-ring (bicyclic) bond motifs is 1. The van der Waals surface area contributed by atoms with Gasteiger partial charge in [0.1, 0.15) is 0 Å². The van der Waals surface area contributed by atoms with E-state index in [2.05, 4.69) is 13.8 Å². The molecule has 0 unspecified atom stereocenters. The fourth-order valence-corrected chi connectivity index (χ4v) is 2.90. The largest absolute Gasteiger partial charge is 0.368 e. The Bertz CT molecular complexity index is 169. The molecule has 0 aromatic rings. The average molecular weight is 170 g/mol. The first kappa shape index (κ1) is 8.52. The molecule has 2 nitrogen and oxygen atoms in total. The summed E-state index contributed by atoms with van der Waals surface area (Å²) in [6, 6.07) is 0. The maximum Gasteiger partial charge on any atom is 0.157 e. The molecule has 0 spiro atoms. The zero-order valence-corrected chi connectivity index (χ0v) is 7.86. The van der Waals surface area contributed by atoms with Gasteiger partial charge in [0.25, 0.3) is 0 Å². The van der Waals surface area contributed by atoms with Gasteiger partial charge in [-0.3, -0.25) is 0 Å². The van der Waals surface area contributed by atoms with Crippen molar-refractivity contribution in [3.05, 3.63) is 0 Å². The van der Waals surface area contributed by atoms with Crippen LogP contribution in [0, 0.1) is 23.7 Å². The third-order valence-electron chi connectivity index (χ3n) is 3.70. The average Bonchev–Trinajstić information content (AvgIpc) is 2.42. The van der Waals surface area contributed by atoms with Crippen LogP contribution in [-0.4, -0.2) is 18.0 Å². The second-order valence-corrected chi connectivity index (χ2v) is 4.50. The van der Waals surface area contributed by atoms with E-state index in [-0.39, 0.29) is 0 Å². The van der Waals surface area contributed by atoms with Crippen molar-refractivity contribution >= 4 is 0 Å². The molecule has 1 N–H and O–H groups in total. The molecule has 2 rings (SSSR count). The first-order chi connectivity index (χ1) is 5.70. The highest BCUT2D eigenvalue weighted by molar-refractivity contribution is 4.89. The van der Waals surface area contributed by atoms with Gasteiger partial charge in [-0.15, -0.1) is 0 Å². The molecule has 70 valence electrons. The van der Waals surface area contributed by atoms with Gasteiger partial charge in [-0.2, -0.15) is 0 Å². The van der Waals surface area contributed by atoms with Crippen LogP contribution in [-0.2, 0) is 4.74 Å². The van der Waals surface area contributed by atoms with Gasteiger partial charge in [-0.05, 0) is 30.6 Å². The third kappa shape index (κ3) is 1.17. The zero-order chi connectivity index (χ0) is 8.72. The van der Waals surface area contributed by atoms with Crippen molar-refractivity contribution in [2.24, 2.45) is 23.7 Å². The predicted octanol–water partition coefficient (Wildman–Crippen LogP) is 1.63. The molecule has 5 atom stereocenters. The normalized spacial score (nSPS) is 53.8. The van der Waals surface area contributed by atoms with Gasteiger partial charge >= 0.3 is 0 Å². The lowest BCUT2D eigenvalue weighted by Gasteiger charge is -2.37. The van der Waals surface area contributed by atoms with Crippen LogP contribution in [0.25, 0.3) is 0 Å². The number of aliphatic hydroxyl groups excluding tert-OH is 1. The summed E-state index contributed by atoms with van der Waals surface area (Å²) in [5, 5.41) is 9.65. The predicted molar refractivity (Wildman–Crippen MR) is 46.5 cm³/mol. The lowest BCUT2D eigenvalue weighted by atomic mass is 9.80. The van der Waals surface area contributed by atoms with Crippen molar-refractivity contribution in [3.8, 4) is 0 Å². The van der Waals surface area contributed by atoms with Crippen LogP contribution in [0.3, 0.4) is 0 Å². The second-order valence-electron chi connectivity index (χ2n) is 4.50. The summed E-state index contributed by atoms with van der Waals surface area (Å²) in [5.41, 5.74) is 0. The maximum atomic E-state index is 9.65. The molecule has 2 aliphatic rings. The van der Waals surface area contributed by atoms with E-state index in [1.165, 1.54) is 12.8 Å². The van der Waals surface area contributed by atoms with Crippen LogP contribution in [0.5, 0.6) is 0 Å². The van der Waals surface area contributed by atoms with E-state index in [9.17, 15) is 5.11 Å². The van der Waals surface area contributed by atoms with Crippen molar-refractivity contribution in [1.82, 2.24) is 0 Å². The van der Waals surface area contributed by atoms with Gasteiger partial charge in [0.2, 0.25) is 0 Å². The SMILES string of the molecule is C[C@@H]1CO[C@H](O)[C@H]2[C@@H]1CC[C@@H]2C. The van der Waals surface area contributed by atoms with E-state index in [1.54, 1.807) is 0 Å². The Morgan fingerprint density at radius 1 is 1.17 bits per heavy atom.